The Hall–Kier alpha value is -3.91. The average molecular weight is 559 g/mol. The zero-order valence-corrected chi connectivity index (χ0v) is 21.8. The average Bonchev–Trinajstić information content (AvgIpc) is 3.16. The number of nitrogens with one attached hydrogen (secondary N) is 1. The minimum atomic E-state index is -1.85. The first-order chi connectivity index (χ1) is 17.8. The van der Waals surface area contributed by atoms with E-state index in [2.05, 4.69) is 21.2 Å². The summed E-state index contributed by atoms with van der Waals surface area (Å²) in [6, 6.07) is 16.3. The molecule has 0 aromatic heterocycles. The van der Waals surface area contributed by atoms with Crippen LogP contribution >= 0.6 is 15.9 Å². The van der Waals surface area contributed by atoms with Crippen molar-refractivity contribution in [3.05, 3.63) is 92.8 Å². The van der Waals surface area contributed by atoms with Crippen LogP contribution in [0.4, 0.5) is 5.69 Å². The predicted molar refractivity (Wildman–Crippen MR) is 142 cm³/mol. The summed E-state index contributed by atoms with van der Waals surface area (Å²) in [5.74, 6) is -1.75. The number of benzene rings is 3. The lowest BCUT2D eigenvalue weighted by atomic mass is 9.64. The van der Waals surface area contributed by atoms with Crippen LogP contribution in [0.1, 0.15) is 41.8 Å². The molecule has 2 aliphatic heterocycles. The Morgan fingerprint density at radius 2 is 1.86 bits per heavy atom. The van der Waals surface area contributed by atoms with E-state index in [1.807, 2.05) is 38.1 Å². The van der Waals surface area contributed by atoms with Crippen LogP contribution in [0.25, 0.3) is 16.5 Å². The van der Waals surface area contributed by atoms with E-state index in [-0.39, 0.29) is 35.3 Å². The number of hydrogen-bond acceptors (Lipinski definition) is 6. The monoisotopic (exact) mass is 558 g/mol. The molecule has 0 saturated heterocycles. The van der Waals surface area contributed by atoms with Crippen molar-refractivity contribution >= 4 is 55.8 Å². The zero-order valence-electron chi connectivity index (χ0n) is 20.2. The summed E-state index contributed by atoms with van der Waals surface area (Å²) in [7, 11) is 0. The fourth-order valence-electron chi connectivity index (χ4n) is 5.44. The second-order valence-corrected chi connectivity index (χ2v) is 10.5. The number of hydrogen-bond donors (Lipinski definition) is 2. The van der Waals surface area contributed by atoms with Gasteiger partial charge in [0.1, 0.15) is 16.7 Å². The topological polar surface area (TPSA) is 108 Å². The van der Waals surface area contributed by atoms with Gasteiger partial charge in [-0.1, -0.05) is 72.6 Å². The predicted octanol–water partition coefficient (Wildman–Crippen LogP) is 5.19. The molecule has 0 saturated carbocycles. The summed E-state index contributed by atoms with van der Waals surface area (Å²) >= 11 is 3.48. The van der Waals surface area contributed by atoms with Gasteiger partial charge in [-0.15, -0.1) is 0 Å². The van der Waals surface area contributed by atoms with Crippen LogP contribution in [-0.4, -0.2) is 24.3 Å². The maximum Gasteiger partial charge on any atom is 0.341 e. The van der Waals surface area contributed by atoms with Gasteiger partial charge >= 0.3 is 5.97 Å². The molecular formula is C29H23BrN2O5. The van der Waals surface area contributed by atoms with Gasteiger partial charge in [-0.25, -0.2) is 4.79 Å². The number of fused-ring (bicyclic) bond motifs is 4. The summed E-state index contributed by atoms with van der Waals surface area (Å²) in [5.41, 5.74) is 6.43. The van der Waals surface area contributed by atoms with E-state index in [9.17, 15) is 14.4 Å². The van der Waals surface area contributed by atoms with E-state index in [1.54, 1.807) is 30.3 Å². The van der Waals surface area contributed by atoms with Crippen molar-refractivity contribution in [2.24, 2.45) is 11.7 Å². The first-order valence-corrected chi connectivity index (χ1v) is 12.9. The lowest BCUT2D eigenvalue weighted by molar-refractivity contribution is -0.142. The number of esters is 1. The third-order valence-corrected chi connectivity index (χ3v) is 7.92. The van der Waals surface area contributed by atoms with Crippen molar-refractivity contribution in [2.75, 3.05) is 11.9 Å². The van der Waals surface area contributed by atoms with Crippen LogP contribution < -0.4 is 11.1 Å². The fourth-order valence-corrected chi connectivity index (χ4v) is 5.80. The summed E-state index contributed by atoms with van der Waals surface area (Å²) in [6.45, 7) is 4.08. The highest BCUT2D eigenvalue weighted by Gasteiger charge is 2.62. The second kappa shape index (κ2) is 8.31. The molecule has 3 aromatic rings. The molecular weight excluding hydrogens is 536 g/mol. The fraction of sp³-hybridized carbons (Fsp3) is 0.207. The highest BCUT2D eigenvalue weighted by molar-refractivity contribution is 9.10. The highest BCUT2D eigenvalue weighted by atomic mass is 79.9. The molecule has 0 bridgehead atoms. The van der Waals surface area contributed by atoms with E-state index in [0.29, 0.717) is 32.2 Å². The molecule has 0 radical (unpaired) electrons. The lowest BCUT2D eigenvalue weighted by Gasteiger charge is -2.38. The molecule has 0 fully saturated rings. The molecule has 2 unspecified atom stereocenters. The number of nitrogens with two attached hydrogens (primary N) is 1. The van der Waals surface area contributed by atoms with Gasteiger partial charge < -0.3 is 20.5 Å². The largest absolute Gasteiger partial charge is 0.462 e. The quantitative estimate of drug-likeness (QED) is 0.426. The van der Waals surface area contributed by atoms with Gasteiger partial charge in [0.2, 0.25) is 11.8 Å². The van der Waals surface area contributed by atoms with Crippen LogP contribution in [0.3, 0.4) is 0 Å². The number of amides is 1. The van der Waals surface area contributed by atoms with Gasteiger partial charge in [0.25, 0.3) is 0 Å². The Bertz CT molecular complexity index is 1620. The Balaban J connectivity index is 1.67. The van der Waals surface area contributed by atoms with Crippen molar-refractivity contribution in [3.8, 4) is 0 Å². The van der Waals surface area contributed by atoms with Crippen LogP contribution in [0.15, 0.2) is 76.1 Å². The maximum absolute atomic E-state index is 14.3. The molecule has 186 valence electrons. The Morgan fingerprint density at radius 3 is 2.59 bits per heavy atom. The molecule has 2 atom stereocenters. The molecule has 3 aliphatic rings. The van der Waals surface area contributed by atoms with Crippen molar-refractivity contribution < 1.29 is 23.9 Å². The van der Waals surface area contributed by atoms with E-state index in [4.69, 9.17) is 15.2 Å². The maximum atomic E-state index is 14.3. The third-order valence-electron chi connectivity index (χ3n) is 7.43. The zero-order chi connectivity index (χ0) is 26.1. The lowest BCUT2D eigenvalue weighted by Crippen LogP contribution is -2.49. The van der Waals surface area contributed by atoms with Crippen molar-refractivity contribution in [1.29, 1.82) is 0 Å². The Kier molecular flexibility index (Phi) is 5.28. The molecule has 7 nitrogen and oxygen atoms in total. The smallest absolute Gasteiger partial charge is 0.341 e. The van der Waals surface area contributed by atoms with E-state index in [0.717, 1.165) is 11.8 Å². The van der Waals surface area contributed by atoms with E-state index in [1.165, 1.54) is 0 Å². The van der Waals surface area contributed by atoms with E-state index >= 15 is 0 Å². The van der Waals surface area contributed by atoms with Crippen LogP contribution in [0.5, 0.6) is 0 Å². The number of ketones is 1. The summed E-state index contributed by atoms with van der Waals surface area (Å²) in [6.07, 6.45) is 0.800. The molecule has 8 heteroatoms. The number of rotatable bonds is 4. The number of Topliss-reactive ketones (excluding diaryl/α,β-unsaturated/α-hetero) is 1. The first-order valence-electron chi connectivity index (χ1n) is 12.1. The molecule has 1 spiro atoms. The molecule has 2 heterocycles. The number of anilines is 1. The van der Waals surface area contributed by atoms with Crippen LogP contribution in [0, 0.1) is 5.92 Å². The third kappa shape index (κ3) is 3.15. The number of carbonyl (C=O) groups is 3. The normalized spacial score (nSPS) is 20.5. The Labute approximate surface area is 221 Å². The minimum absolute atomic E-state index is 0.0535. The minimum Gasteiger partial charge on any atom is -0.462 e. The summed E-state index contributed by atoms with van der Waals surface area (Å²) in [4.78, 5) is 42.0. The van der Waals surface area contributed by atoms with E-state index < -0.39 is 23.1 Å². The second-order valence-electron chi connectivity index (χ2n) is 9.59. The molecule has 6 rings (SSSR count). The van der Waals surface area contributed by atoms with Gasteiger partial charge in [0, 0.05) is 32.2 Å². The van der Waals surface area contributed by atoms with Gasteiger partial charge in [-0.05, 0) is 29.5 Å². The van der Waals surface area contributed by atoms with Crippen molar-refractivity contribution in [1.82, 2.24) is 0 Å². The van der Waals surface area contributed by atoms with Crippen molar-refractivity contribution in [3.63, 3.8) is 0 Å². The molecule has 3 N–H and O–H groups in total. The van der Waals surface area contributed by atoms with Crippen LogP contribution in [0.2, 0.25) is 0 Å². The van der Waals surface area contributed by atoms with Gasteiger partial charge in [-0.2, -0.15) is 0 Å². The number of halogens is 1. The number of ether oxygens (including phenoxy) is 2. The van der Waals surface area contributed by atoms with Gasteiger partial charge in [0.15, 0.2) is 5.78 Å². The number of carbonyl (C=O) groups excluding carboxylic acids is 3. The summed E-state index contributed by atoms with van der Waals surface area (Å²) < 4.78 is 12.4. The Morgan fingerprint density at radius 1 is 1.14 bits per heavy atom. The highest BCUT2D eigenvalue weighted by Crippen LogP contribution is 2.56. The SMILES string of the molecule is CCC(C)COC(=O)C1=C(N)OC2=C(C(=O)c3cccc4cccc2c34)C12C(=O)Nc1ccc(Br)cc12. The van der Waals surface area contributed by atoms with Gasteiger partial charge in [0.05, 0.1) is 12.2 Å². The summed E-state index contributed by atoms with van der Waals surface area (Å²) in [5, 5.41) is 4.44. The standard InChI is InChI=1S/C29H23BrN2O5/c1-3-14(2)13-36-27(34)23-26(31)37-25-18-9-5-7-15-6-4-8-17(21(15)18)24(33)22(25)29(23)19-12-16(30)10-11-20(19)32-28(29)35/h4-12,14H,3,13,31H2,1-2H3,(H,32,35). The molecule has 1 amide bonds. The molecule has 37 heavy (non-hydrogen) atoms. The first kappa shape index (κ1) is 23.5. The van der Waals surface area contributed by atoms with Crippen molar-refractivity contribution in [2.45, 2.75) is 25.7 Å². The van der Waals surface area contributed by atoms with Crippen LogP contribution in [-0.2, 0) is 24.5 Å². The molecule has 1 aliphatic carbocycles. The van der Waals surface area contributed by atoms with Gasteiger partial charge in [-0.3, -0.25) is 9.59 Å². The molecule has 3 aromatic carbocycles.